The Kier molecular flexibility index (Phi) is 5.36. The van der Waals surface area contributed by atoms with E-state index in [0.29, 0.717) is 25.1 Å². The first-order valence-corrected chi connectivity index (χ1v) is 9.74. The SMILES string of the molecule is COc1ccc(C2(CNC(=O)c3cc4ccccc4c(=O)[nH]3)CCOCC2)cc1. The number of ether oxygens (including phenoxy) is 2. The molecule has 0 spiro atoms. The number of benzene rings is 2. The predicted octanol–water partition coefficient (Wildman–Crippen LogP) is 3.01. The minimum atomic E-state index is -0.285. The van der Waals surface area contributed by atoms with Crippen LogP contribution >= 0.6 is 0 Å². The van der Waals surface area contributed by atoms with Crippen LogP contribution in [0.2, 0.25) is 0 Å². The molecule has 0 aliphatic carbocycles. The average molecular weight is 392 g/mol. The predicted molar refractivity (Wildman–Crippen MR) is 112 cm³/mol. The number of carbonyl (C=O) groups excluding carboxylic acids is 1. The zero-order chi connectivity index (χ0) is 20.3. The number of methoxy groups -OCH3 is 1. The number of pyridine rings is 1. The molecule has 0 atom stereocenters. The van der Waals surface area contributed by atoms with Crippen molar-refractivity contribution in [1.29, 1.82) is 0 Å². The number of aromatic amines is 1. The first-order valence-electron chi connectivity index (χ1n) is 9.74. The summed E-state index contributed by atoms with van der Waals surface area (Å²) in [6, 6.07) is 16.9. The minimum absolute atomic E-state index is 0.211. The van der Waals surface area contributed by atoms with Gasteiger partial charge in [0.25, 0.3) is 11.5 Å². The van der Waals surface area contributed by atoms with Gasteiger partial charge in [-0.25, -0.2) is 0 Å². The maximum Gasteiger partial charge on any atom is 0.267 e. The molecule has 2 heterocycles. The van der Waals surface area contributed by atoms with Crippen molar-refractivity contribution in [2.75, 3.05) is 26.9 Å². The van der Waals surface area contributed by atoms with Crippen LogP contribution in [0, 0.1) is 0 Å². The molecule has 1 fully saturated rings. The summed E-state index contributed by atoms with van der Waals surface area (Å²) >= 11 is 0. The van der Waals surface area contributed by atoms with Crippen LogP contribution < -0.4 is 15.6 Å². The molecule has 1 amide bonds. The molecule has 6 heteroatoms. The van der Waals surface area contributed by atoms with Crippen LogP contribution in [0.3, 0.4) is 0 Å². The van der Waals surface area contributed by atoms with Crippen molar-refractivity contribution in [3.8, 4) is 5.75 Å². The lowest BCUT2D eigenvalue weighted by molar-refractivity contribution is 0.0486. The monoisotopic (exact) mass is 392 g/mol. The molecule has 1 aliphatic heterocycles. The molecule has 6 nitrogen and oxygen atoms in total. The highest BCUT2D eigenvalue weighted by atomic mass is 16.5. The summed E-state index contributed by atoms with van der Waals surface area (Å²) in [4.78, 5) is 27.8. The Hall–Kier alpha value is -3.12. The van der Waals surface area contributed by atoms with Crippen LogP contribution in [0.5, 0.6) is 5.75 Å². The molecule has 1 aromatic heterocycles. The van der Waals surface area contributed by atoms with Crippen molar-refractivity contribution in [2.24, 2.45) is 0 Å². The van der Waals surface area contributed by atoms with Gasteiger partial charge in [-0.2, -0.15) is 0 Å². The van der Waals surface area contributed by atoms with Crippen molar-refractivity contribution < 1.29 is 14.3 Å². The van der Waals surface area contributed by atoms with Crippen LogP contribution in [0.15, 0.2) is 59.4 Å². The molecule has 4 rings (SSSR count). The van der Waals surface area contributed by atoms with Gasteiger partial charge in [-0.15, -0.1) is 0 Å². The number of amides is 1. The number of hydrogen-bond acceptors (Lipinski definition) is 4. The van der Waals surface area contributed by atoms with Gasteiger partial charge in [-0.3, -0.25) is 9.59 Å². The zero-order valence-electron chi connectivity index (χ0n) is 16.4. The number of nitrogens with one attached hydrogen (secondary N) is 2. The number of H-pyrrole nitrogens is 1. The van der Waals surface area contributed by atoms with E-state index in [1.54, 1.807) is 25.3 Å². The smallest absolute Gasteiger partial charge is 0.267 e. The van der Waals surface area contributed by atoms with Crippen molar-refractivity contribution in [2.45, 2.75) is 18.3 Å². The second kappa shape index (κ2) is 8.09. The normalized spacial score (nSPS) is 15.8. The largest absolute Gasteiger partial charge is 0.497 e. The summed E-state index contributed by atoms with van der Waals surface area (Å²) in [6.07, 6.45) is 1.63. The lowest BCUT2D eigenvalue weighted by Gasteiger charge is -2.38. The van der Waals surface area contributed by atoms with Crippen LogP contribution in [-0.4, -0.2) is 37.8 Å². The van der Waals surface area contributed by atoms with Crippen LogP contribution in [0.4, 0.5) is 0 Å². The maximum atomic E-state index is 12.8. The van der Waals surface area contributed by atoms with E-state index in [4.69, 9.17) is 9.47 Å². The highest BCUT2D eigenvalue weighted by Gasteiger charge is 2.35. The van der Waals surface area contributed by atoms with Crippen molar-refractivity contribution >= 4 is 16.7 Å². The van der Waals surface area contributed by atoms with E-state index < -0.39 is 0 Å². The van der Waals surface area contributed by atoms with Crippen molar-refractivity contribution in [3.63, 3.8) is 0 Å². The van der Waals surface area contributed by atoms with Gasteiger partial charge < -0.3 is 19.8 Å². The Balaban J connectivity index is 1.57. The molecule has 29 heavy (non-hydrogen) atoms. The fourth-order valence-electron chi connectivity index (χ4n) is 3.95. The standard InChI is InChI=1S/C23H24N2O4/c1-28-18-8-6-17(7-9-18)23(10-12-29-13-11-23)15-24-22(27)20-14-16-4-2-3-5-19(16)21(26)25-20/h2-9,14H,10-13,15H2,1H3,(H,24,27)(H,25,26). The van der Waals surface area contributed by atoms with Gasteiger partial charge in [0.1, 0.15) is 11.4 Å². The number of hydrogen-bond donors (Lipinski definition) is 2. The first kappa shape index (κ1) is 19.2. The summed E-state index contributed by atoms with van der Waals surface area (Å²) in [5, 5.41) is 4.35. The second-order valence-electron chi connectivity index (χ2n) is 7.40. The fraction of sp³-hybridized carbons (Fsp3) is 0.304. The van der Waals surface area contributed by atoms with Gasteiger partial charge in [0.15, 0.2) is 0 Å². The molecule has 150 valence electrons. The summed E-state index contributed by atoms with van der Waals surface area (Å²) < 4.78 is 10.8. The van der Waals surface area contributed by atoms with Gasteiger partial charge >= 0.3 is 0 Å². The Morgan fingerprint density at radius 2 is 1.86 bits per heavy atom. The Labute approximate surface area is 168 Å². The van der Waals surface area contributed by atoms with Crippen LogP contribution in [0.1, 0.15) is 28.9 Å². The van der Waals surface area contributed by atoms with Crippen molar-refractivity contribution in [1.82, 2.24) is 10.3 Å². The lowest BCUT2D eigenvalue weighted by Crippen LogP contribution is -2.44. The highest BCUT2D eigenvalue weighted by molar-refractivity contribution is 5.96. The van der Waals surface area contributed by atoms with Gasteiger partial charge in [0.2, 0.25) is 0 Å². The average Bonchev–Trinajstić information content (AvgIpc) is 2.78. The third kappa shape index (κ3) is 3.89. The quantitative estimate of drug-likeness (QED) is 0.700. The van der Waals surface area contributed by atoms with Gasteiger partial charge in [0, 0.05) is 30.6 Å². The van der Waals surface area contributed by atoms with E-state index in [1.807, 2.05) is 36.4 Å². The molecule has 2 aromatic carbocycles. The summed E-state index contributed by atoms with van der Waals surface area (Å²) in [6.45, 7) is 1.76. The Morgan fingerprint density at radius 3 is 2.59 bits per heavy atom. The fourth-order valence-corrected chi connectivity index (χ4v) is 3.95. The molecule has 3 aromatic rings. The van der Waals surface area contributed by atoms with Gasteiger partial charge in [0.05, 0.1) is 7.11 Å². The number of aromatic nitrogens is 1. The van der Waals surface area contributed by atoms with E-state index in [2.05, 4.69) is 10.3 Å². The van der Waals surface area contributed by atoms with Crippen LogP contribution in [0.25, 0.3) is 10.8 Å². The van der Waals surface area contributed by atoms with E-state index in [0.717, 1.165) is 29.5 Å². The highest BCUT2D eigenvalue weighted by Crippen LogP contribution is 2.35. The topological polar surface area (TPSA) is 80.4 Å². The zero-order valence-corrected chi connectivity index (χ0v) is 16.4. The molecular formula is C23H24N2O4. The first-order chi connectivity index (χ1) is 14.1. The Morgan fingerprint density at radius 1 is 1.14 bits per heavy atom. The molecule has 0 radical (unpaired) electrons. The Bertz CT molecular complexity index is 1070. The lowest BCUT2D eigenvalue weighted by atomic mass is 9.74. The minimum Gasteiger partial charge on any atom is -0.497 e. The summed E-state index contributed by atoms with van der Waals surface area (Å²) in [5.41, 5.74) is 0.945. The number of carbonyl (C=O) groups is 1. The number of rotatable bonds is 5. The molecule has 1 saturated heterocycles. The molecule has 0 bridgehead atoms. The molecule has 0 unspecified atom stereocenters. The van der Waals surface area contributed by atoms with E-state index in [-0.39, 0.29) is 22.6 Å². The van der Waals surface area contributed by atoms with Crippen LogP contribution in [-0.2, 0) is 10.2 Å². The van der Waals surface area contributed by atoms with Crippen molar-refractivity contribution in [3.05, 3.63) is 76.2 Å². The second-order valence-corrected chi connectivity index (χ2v) is 7.40. The maximum absolute atomic E-state index is 12.8. The third-order valence-corrected chi connectivity index (χ3v) is 5.74. The van der Waals surface area contributed by atoms with E-state index in [1.165, 1.54) is 0 Å². The van der Waals surface area contributed by atoms with Gasteiger partial charge in [-0.05, 0) is 48.1 Å². The molecule has 0 saturated carbocycles. The molecular weight excluding hydrogens is 368 g/mol. The molecule has 2 N–H and O–H groups in total. The summed E-state index contributed by atoms with van der Waals surface area (Å²) in [7, 11) is 1.64. The van der Waals surface area contributed by atoms with E-state index >= 15 is 0 Å². The molecule has 1 aliphatic rings. The summed E-state index contributed by atoms with van der Waals surface area (Å²) in [5.74, 6) is 0.515. The van der Waals surface area contributed by atoms with E-state index in [9.17, 15) is 9.59 Å². The van der Waals surface area contributed by atoms with Gasteiger partial charge in [-0.1, -0.05) is 30.3 Å². The third-order valence-electron chi connectivity index (χ3n) is 5.74. The number of fused-ring (bicyclic) bond motifs is 1.